The van der Waals surface area contributed by atoms with E-state index in [4.69, 9.17) is 14.8 Å². The predicted molar refractivity (Wildman–Crippen MR) is 132 cm³/mol. The SMILES string of the molecule is Cc1nc(CC2C3COC2(c2nc4c(C)cc(N5CC[C@](C)(c6ccccc6)C5)cn4n2)C3)n[nH]1. The Bertz CT molecular complexity index is 1410. The minimum absolute atomic E-state index is 0.154. The molecule has 4 fully saturated rings. The second kappa shape index (κ2) is 7.37. The summed E-state index contributed by atoms with van der Waals surface area (Å²) in [5, 5.41) is 12.3. The molecule has 35 heavy (non-hydrogen) atoms. The van der Waals surface area contributed by atoms with E-state index in [1.807, 2.05) is 11.4 Å². The lowest BCUT2D eigenvalue weighted by molar-refractivity contribution is -0.0652. The summed E-state index contributed by atoms with van der Waals surface area (Å²) in [7, 11) is 0. The fourth-order valence-corrected chi connectivity index (χ4v) is 6.57. The zero-order chi connectivity index (χ0) is 23.8. The average molecular weight is 470 g/mol. The fourth-order valence-electron chi connectivity index (χ4n) is 6.57. The van der Waals surface area contributed by atoms with Gasteiger partial charge in [0.25, 0.3) is 0 Å². The summed E-state index contributed by atoms with van der Waals surface area (Å²) >= 11 is 0. The number of aryl methyl sites for hydroxylation is 2. The van der Waals surface area contributed by atoms with Crippen LogP contribution in [0, 0.1) is 25.7 Å². The van der Waals surface area contributed by atoms with Crippen LogP contribution in [0.1, 0.15) is 48.4 Å². The lowest BCUT2D eigenvalue weighted by Crippen LogP contribution is -2.47. The maximum absolute atomic E-state index is 6.35. The molecule has 4 aliphatic rings. The van der Waals surface area contributed by atoms with Gasteiger partial charge in [0.1, 0.15) is 11.4 Å². The van der Waals surface area contributed by atoms with Crippen molar-refractivity contribution in [2.45, 2.75) is 51.0 Å². The number of benzene rings is 1. The van der Waals surface area contributed by atoms with Crippen LogP contribution >= 0.6 is 0 Å². The Morgan fingerprint density at radius 1 is 1.17 bits per heavy atom. The molecule has 3 aliphatic heterocycles. The van der Waals surface area contributed by atoms with Crippen molar-refractivity contribution in [2.75, 3.05) is 24.6 Å². The van der Waals surface area contributed by atoms with Crippen LogP contribution < -0.4 is 4.90 Å². The van der Waals surface area contributed by atoms with Crippen LogP contribution in [0.5, 0.6) is 0 Å². The van der Waals surface area contributed by atoms with E-state index in [-0.39, 0.29) is 5.41 Å². The first kappa shape index (κ1) is 21.1. The smallest absolute Gasteiger partial charge is 0.183 e. The van der Waals surface area contributed by atoms with Gasteiger partial charge in [-0.05, 0) is 49.8 Å². The maximum Gasteiger partial charge on any atom is 0.183 e. The summed E-state index contributed by atoms with van der Waals surface area (Å²) in [6.07, 6.45) is 5.05. The highest BCUT2D eigenvalue weighted by molar-refractivity contribution is 5.58. The van der Waals surface area contributed by atoms with E-state index in [2.05, 4.69) is 76.5 Å². The number of hydrogen-bond acceptors (Lipinski definition) is 6. The molecular weight excluding hydrogens is 438 g/mol. The van der Waals surface area contributed by atoms with Gasteiger partial charge in [-0.3, -0.25) is 5.10 Å². The van der Waals surface area contributed by atoms with Crippen LogP contribution in [-0.4, -0.2) is 49.5 Å². The number of anilines is 1. The van der Waals surface area contributed by atoms with E-state index in [1.165, 1.54) is 11.3 Å². The molecule has 0 radical (unpaired) electrons. The highest BCUT2D eigenvalue weighted by atomic mass is 16.5. The molecule has 8 nitrogen and oxygen atoms in total. The van der Waals surface area contributed by atoms with Crippen molar-refractivity contribution in [2.24, 2.45) is 11.8 Å². The number of pyridine rings is 1. The highest BCUT2D eigenvalue weighted by Gasteiger charge is 2.64. The van der Waals surface area contributed by atoms with Gasteiger partial charge in [0.15, 0.2) is 17.3 Å². The molecule has 0 spiro atoms. The Morgan fingerprint density at radius 2 is 2.03 bits per heavy atom. The van der Waals surface area contributed by atoms with Crippen LogP contribution in [0.3, 0.4) is 0 Å². The molecule has 180 valence electrons. The van der Waals surface area contributed by atoms with Crippen molar-refractivity contribution < 1.29 is 4.74 Å². The third-order valence-corrected chi connectivity index (χ3v) is 8.63. The van der Waals surface area contributed by atoms with Gasteiger partial charge in [0, 0.05) is 30.8 Å². The molecule has 4 atom stereocenters. The van der Waals surface area contributed by atoms with Crippen LogP contribution in [0.4, 0.5) is 5.69 Å². The Morgan fingerprint density at radius 3 is 2.80 bits per heavy atom. The fraction of sp³-hybridized carbons (Fsp3) is 0.481. The van der Waals surface area contributed by atoms with Crippen molar-refractivity contribution in [1.29, 1.82) is 0 Å². The van der Waals surface area contributed by atoms with Crippen LogP contribution in [0.15, 0.2) is 42.6 Å². The number of nitrogens with zero attached hydrogens (tertiary/aromatic N) is 6. The standard InChI is InChI=1S/C27H31N7O/c1-17-11-21(33-10-9-26(3,16-33)20-7-5-4-6-8-20)14-34-24(17)29-25(32-34)27-13-19(15-35-27)22(27)12-23-28-18(2)30-31-23/h4-8,11,14,19,22H,9-10,12-13,15-16H2,1-3H3,(H,28,30,31)/t19?,22?,26-,27?/m0/s1. The first-order valence-corrected chi connectivity index (χ1v) is 12.6. The van der Waals surface area contributed by atoms with Crippen LogP contribution in [0.25, 0.3) is 5.65 Å². The first-order valence-electron chi connectivity index (χ1n) is 12.6. The van der Waals surface area contributed by atoms with Gasteiger partial charge < -0.3 is 9.64 Å². The van der Waals surface area contributed by atoms with Crippen molar-refractivity contribution in [3.8, 4) is 0 Å². The summed E-state index contributed by atoms with van der Waals surface area (Å²) < 4.78 is 8.32. The largest absolute Gasteiger partial charge is 0.369 e. The molecular formula is C27H31N7O. The first-order chi connectivity index (χ1) is 16.9. The number of ether oxygens (including phenoxy) is 1. The molecule has 4 aromatic rings. The molecule has 6 heterocycles. The van der Waals surface area contributed by atoms with E-state index in [9.17, 15) is 0 Å². The Labute approximate surface area is 204 Å². The maximum atomic E-state index is 6.35. The number of aromatic amines is 1. The molecule has 1 saturated carbocycles. The van der Waals surface area contributed by atoms with Crippen molar-refractivity contribution >= 4 is 11.3 Å². The summed E-state index contributed by atoms with van der Waals surface area (Å²) in [5.41, 5.74) is 4.40. The monoisotopic (exact) mass is 469 g/mol. The zero-order valence-electron chi connectivity index (χ0n) is 20.5. The quantitative estimate of drug-likeness (QED) is 0.479. The normalized spacial score (nSPS) is 29.7. The van der Waals surface area contributed by atoms with Crippen LogP contribution in [0.2, 0.25) is 0 Å². The molecule has 3 aromatic heterocycles. The zero-order valence-corrected chi connectivity index (χ0v) is 20.5. The minimum atomic E-state index is -0.419. The minimum Gasteiger partial charge on any atom is -0.369 e. The molecule has 1 aliphatic carbocycles. The van der Waals surface area contributed by atoms with Gasteiger partial charge in [-0.25, -0.2) is 14.5 Å². The second-order valence-electron chi connectivity index (χ2n) is 11.0. The third-order valence-electron chi connectivity index (χ3n) is 8.63. The van der Waals surface area contributed by atoms with Gasteiger partial charge in [-0.2, -0.15) is 5.10 Å². The van der Waals surface area contributed by atoms with Gasteiger partial charge in [-0.15, -0.1) is 5.10 Å². The van der Waals surface area contributed by atoms with Gasteiger partial charge >= 0.3 is 0 Å². The lowest BCUT2D eigenvalue weighted by Gasteiger charge is -2.42. The summed E-state index contributed by atoms with van der Waals surface area (Å²) in [6.45, 7) is 9.24. The Balaban J connectivity index is 1.18. The topological polar surface area (TPSA) is 84.2 Å². The summed E-state index contributed by atoms with van der Waals surface area (Å²) in [4.78, 5) is 12.0. The molecule has 1 aromatic carbocycles. The molecule has 8 rings (SSSR count). The van der Waals surface area contributed by atoms with Crippen LogP contribution in [-0.2, 0) is 22.2 Å². The van der Waals surface area contributed by atoms with E-state index < -0.39 is 5.60 Å². The van der Waals surface area contributed by atoms with E-state index >= 15 is 0 Å². The van der Waals surface area contributed by atoms with E-state index in [1.54, 1.807) is 0 Å². The molecule has 3 saturated heterocycles. The molecule has 0 amide bonds. The number of fused-ring (bicyclic) bond motifs is 2. The summed E-state index contributed by atoms with van der Waals surface area (Å²) in [5.74, 6) is 3.35. The van der Waals surface area contributed by atoms with Crippen molar-refractivity contribution in [3.05, 3.63) is 71.2 Å². The van der Waals surface area contributed by atoms with Crippen molar-refractivity contribution in [1.82, 2.24) is 29.8 Å². The number of rotatable bonds is 5. The third kappa shape index (κ3) is 3.15. The predicted octanol–water partition coefficient (Wildman–Crippen LogP) is 3.74. The molecule has 2 bridgehead atoms. The second-order valence-corrected chi connectivity index (χ2v) is 11.0. The number of H-pyrrole nitrogens is 1. The highest BCUT2D eigenvalue weighted by Crippen LogP contribution is 2.59. The lowest BCUT2D eigenvalue weighted by atomic mass is 9.62. The molecule has 1 N–H and O–H groups in total. The van der Waals surface area contributed by atoms with Gasteiger partial charge in [-0.1, -0.05) is 37.3 Å². The number of nitrogens with one attached hydrogen (secondary N) is 1. The molecule has 3 unspecified atom stereocenters. The Hall–Kier alpha value is -3.26. The van der Waals surface area contributed by atoms with E-state index in [0.717, 1.165) is 67.6 Å². The number of hydrogen-bond donors (Lipinski definition) is 1. The number of aromatic nitrogens is 6. The van der Waals surface area contributed by atoms with E-state index in [0.29, 0.717) is 11.8 Å². The van der Waals surface area contributed by atoms with Gasteiger partial charge in [0.2, 0.25) is 0 Å². The van der Waals surface area contributed by atoms with Gasteiger partial charge in [0.05, 0.1) is 18.5 Å². The molecule has 8 heteroatoms. The Kier molecular flexibility index (Phi) is 4.43. The summed E-state index contributed by atoms with van der Waals surface area (Å²) in [6, 6.07) is 13.1. The van der Waals surface area contributed by atoms with Crippen molar-refractivity contribution in [3.63, 3.8) is 0 Å². The average Bonchev–Trinajstić information content (AvgIpc) is 3.66.